The first-order valence-corrected chi connectivity index (χ1v) is 13.4. The number of carbonyl (C=O) groups excluding carboxylic acids is 2. The number of hydrogen-bond acceptors (Lipinski definition) is 6. The van der Waals surface area contributed by atoms with E-state index in [0.29, 0.717) is 31.6 Å². The van der Waals surface area contributed by atoms with Gasteiger partial charge in [-0.1, -0.05) is 18.2 Å². The first-order valence-electron chi connectivity index (χ1n) is 13.4. The van der Waals surface area contributed by atoms with Crippen LogP contribution in [-0.4, -0.2) is 66.4 Å². The van der Waals surface area contributed by atoms with Crippen molar-refractivity contribution < 1.29 is 24.2 Å². The van der Waals surface area contributed by atoms with E-state index in [9.17, 15) is 14.7 Å². The summed E-state index contributed by atoms with van der Waals surface area (Å²) in [5.41, 5.74) is 2.48. The molecule has 3 fully saturated rings. The number of ether oxygens (including phenoxy) is 2. The molecule has 1 unspecified atom stereocenters. The summed E-state index contributed by atoms with van der Waals surface area (Å²) in [4.78, 5) is 33.7. The third-order valence-corrected chi connectivity index (χ3v) is 7.53. The summed E-state index contributed by atoms with van der Waals surface area (Å²) in [6.45, 7) is 8.71. The fourth-order valence-corrected chi connectivity index (χ4v) is 5.20. The maximum absolute atomic E-state index is 14.0. The second-order valence-corrected chi connectivity index (χ2v) is 10.5. The highest BCUT2D eigenvalue weighted by atomic mass is 16.5. The van der Waals surface area contributed by atoms with E-state index >= 15 is 0 Å². The van der Waals surface area contributed by atoms with Gasteiger partial charge >= 0.3 is 0 Å². The zero-order valence-electron chi connectivity index (χ0n) is 21.9. The monoisotopic (exact) mass is 496 g/mol. The molecular weight excluding hydrogens is 456 g/mol. The Labute approximate surface area is 214 Å². The lowest BCUT2D eigenvalue weighted by Gasteiger charge is -2.33. The largest absolute Gasteiger partial charge is 0.512 e. The van der Waals surface area contributed by atoms with Crippen LogP contribution in [-0.2, 0) is 19.1 Å². The maximum Gasteiger partial charge on any atom is 0.265 e. The fraction of sp³-hybridized carbons (Fsp3) is 0.621. The summed E-state index contributed by atoms with van der Waals surface area (Å²) in [7, 11) is 0. The third-order valence-electron chi connectivity index (χ3n) is 7.53. The standard InChI is InChI=1S/C29H40N2O5/c1-19-25(8-6-23-10-14-35-15-11-23)28(20(2)30-19)31(18-24-12-16-36-17-13-24)29(34)27(21(3)32)26(33)9-7-22-4-5-22/h6-9,20,22-24,32H,4-5,10-18H2,1-3H3/b8-6+,9-7+,27-21+. The van der Waals surface area contributed by atoms with Crippen molar-refractivity contribution in [3.8, 4) is 0 Å². The molecule has 1 atom stereocenters. The minimum atomic E-state index is -0.448. The smallest absolute Gasteiger partial charge is 0.265 e. The zero-order valence-corrected chi connectivity index (χ0v) is 21.9. The van der Waals surface area contributed by atoms with Crippen LogP contribution >= 0.6 is 0 Å². The Morgan fingerprint density at radius 1 is 1.00 bits per heavy atom. The van der Waals surface area contributed by atoms with Crippen molar-refractivity contribution in [3.05, 3.63) is 46.9 Å². The van der Waals surface area contributed by atoms with Gasteiger partial charge in [0.1, 0.15) is 11.3 Å². The number of nitrogens with zero attached hydrogens (tertiary/aromatic N) is 2. The molecular formula is C29H40N2O5. The topological polar surface area (TPSA) is 88.4 Å². The zero-order chi connectivity index (χ0) is 25.7. The molecule has 7 heteroatoms. The number of allylic oxidation sites excluding steroid dienone is 6. The van der Waals surface area contributed by atoms with Crippen LogP contribution in [0.5, 0.6) is 0 Å². The van der Waals surface area contributed by atoms with Crippen molar-refractivity contribution in [3.63, 3.8) is 0 Å². The van der Waals surface area contributed by atoms with Crippen LogP contribution in [0.15, 0.2) is 51.9 Å². The number of rotatable bonds is 9. The molecule has 3 aliphatic heterocycles. The van der Waals surface area contributed by atoms with E-state index in [1.165, 1.54) is 13.0 Å². The van der Waals surface area contributed by atoms with Crippen molar-refractivity contribution in [2.45, 2.75) is 65.3 Å². The number of aliphatic hydroxyl groups is 1. The Kier molecular flexibility index (Phi) is 8.96. The molecule has 1 N–H and O–H groups in total. The quantitative estimate of drug-likeness (QED) is 0.216. The molecule has 0 aromatic rings. The van der Waals surface area contributed by atoms with Gasteiger partial charge in [0.05, 0.1) is 11.7 Å². The highest BCUT2D eigenvalue weighted by molar-refractivity contribution is 6.24. The molecule has 0 aromatic heterocycles. The van der Waals surface area contributed by atoms with Gasteiger partial charge in [-0.15, -0.1) is 0 Å². The van der Waals surface area contributed by atoms with Gasteiger partial charge in [0.15, 0.2) is 5.78 Å². The van der Waals surface area contributed by atoms with Gasteiger partial charge < -0.3 is 19.5 Å². The minimum Gasteiger partial charge on any atom is -0.512 e. The summed E-state index contributed by atoms with van der Waals surface area (Å²) in [5, 5.41) is 10.5. The Hall–Kier alpha value is -2.51. The molecule has 1 amide bonds. The van der Waals surface area contributed by atoms with Gasteiger partial charge in [-0.05, 0) is 83.1 Å². The van der Waals surface area contributed by atoms with E-state index in [-0.39, 0.29) is 23.3 Å². The van der Waals surface area contributed by atoms with Gasteiger partial charge in [-0.25, -0.2) is 0 Å². The van der Waals surface area contributed by atoms with Crippen LogP contribution in [0.25, 0.3) is 0 Å². The van der Waals surface area contributed by atoms with E-state index in [0.717, 1.165) is 68.7 Å². The average Bonchev–Trinajstić information content (AvgIpc) is 3.65. The molecule has 0 bridgehead atoms. The number of amides is 1. The van der Waals surface area contributed by atoms with Gasteiger partial charge in [0.2, 0.25) is 0 Å². The van der Waals surface area contributed by atoms with Crippen LogP contribution in [0.1, 0.15) is 59.3 Å². The summed E-state index contributed by atoms with van der Waals surface area (Å²) in [6, 6.07) is -0.222. The first kappa shape index (κ1) is 26.6. The number of hydrogen-bond donors (Lipinski definition) is 1. The molecule has 0 radical (unpaired) electrons. The highest BCUT2D eigenvalue weighted by Crippen LogP contribution is 2.32. The van der Waals surface area contributed by atoms with Crippen LogP contribution < -0.4 is 0 Å². The molecule has 2 saturated heterocycles. The second kappa shape index (κ2) is 12.2. The van der Waals surface area contributed by atoms with E-state index in [1.54, 1.807) is 4.90 Å². The second-order valence-electron chi connectivity index (χ2n) is 10.5. The Morgan fingerprint density at radius 2 is 1.61 bits per heavy atom. The van der Waals surface area contributed by atoms with Crippen LogP contribution in [0.4, 0.5) is 0 Å². The Morgan fingerprint density at radius 3 is 2.22 bits per heavy atom. The van der Waals surface area contributed by atoms with Gasteiger partial charge in [-0.3, -0.25) is 14.6 Å². The predicted molar refractivity (Wildman–Crippen MR) is 140 cm³/mol. The molecule has 3 heterocycles. The van der Waals surface area contributed by atoms with Crippen LogP contribution in [0.2, 0.25) is 0 Å². The van der Waals surface area contributed by atoms with E-state index < -0.39 is 11.7 Å². The Balaban J connectivity index is 1.68. The Bertz CT molecular complexity index is 985. The number of aliphatic imine (C=N–C) groups is 1. The van der Waals surface area contributed by atoms with E-state index in [2.05, 4.69) is 12.2 Å². The molecule has 7 nitrogen and oxygen atoms in total. The number of aliphatic hydroxyl groups excluding tert-OH is 1. The van der Waals surface area contributed by atoms with E-state index in [4.69, 9.17) is 14.5 Å². The van der Waals surface area contributed by atoms with Crippen LogP contribution in [0, 0.1) is 17.8 Å². The number of ketones is 1. The average molecular weight is 497 g/mol. The van der Waals surface area contributed by atoms with E-state index in [1.807, 2.05) is 19.9 Å². The van der Waals surface area contributed by atoms with Gasteiger partial charge in [0.25, 0.3) is 5.91 Å². The fourth-order valence-electron chi connectivity index (χ4n) is 5.20. The van der Waals surface area contributed by atoms with Gasteiger partial charge in [0, 0.05) is 44.3 Å². The van der Waals surface area contributed by atoms with Crippen molar-refractivity contribution >= 4 is 17.4 Å². The molecule has 1 aliphatic carbocycles. The minimum absolute atomic E-state index is 0.157. The lowest BCUT2D eigenvalue weighted by Crippen LogP contribution is -2.41. The molecule has 36 heavy (non-hydrogen) atoms. The lowest BCUT2D eigenvalue weighted by molar-refractivity contribution is -0.128. The molecule has 4 rings (SSSR count). The SMILES string of the molecule is CC1=NC(C)C(N(CC2CCOCC2)C(=O)/C(C(=O)/C=C/C2CC2)=C(\C)O)=C1/C=C/C1CCOCC1. The normalized spacial score (nSPS) is 25.0. The summed E-state index contributed by atoms with van der Waals surface area (Å²) in [5.74, 6) is -0.0481. The third kappa shape index (κ3) is 6.62. The molecule has 196 valence electrons. The van der Waals surface area contributed by atoms with Crippen molar-refractivity contribution in [2.75, 3.05) is 33.0 Å². The molecule has 1 saturated carbocycles. The van der Waals surface area contributed by atoms with Crippen molar-refractivity contribution in [1.29, 1.82) is 0 Å². The molecule has 0 aromatic carbocycles. The summed E-state index contributed by atoms with van der Waals surface area (Å²) in [6.07, 6.45) is 13.4. The van der Waals surface area contributed by atoms with Crippen molar-refractivity contribution in [2.24, 2.45) is 22.7 Å². The lowest BCUT2D eigenvalue weighted by atomic mass is 9.95. The van der Waals surface area contributed by atoms with Crippen molar-refractivity contribution in [1.82, 2.24) is 4.90 Å². The number of carbonyl (C=O) groups is 2. The summed E-state index contributed by atoms with van der Waals surface area (Å²) < 4.78 is 11.0. The van der Waals surface area contributed by atoms with Gasteiger partial charge in [-0.2, -0.15) is 0 Å². The predicted octanol–water partition coefficient (Wildman–Crippen LogP) is 4.71. The maximum atomic E-state index is 14.0. The first-order chi connectivity index (χ1) is 17.3. The summed E-state index contributed by atoms with van der Waals surface area (Å²) >= 11 is 0. The highest BCUT2D eigenvalue weighted by Gasteiger charge is 2.35. The van der Waals surface area contributed by atoms with Crippen LogP contribution in [0.3, 0.4) is 0 Å². The molecule has 4 aliphatic rings. The molecule has 0 spiro atoms.